The average Bonchev–Trinajstić information content (AvgIpc) is 2.11. The van der Waals surface area contributed by atoms with Crippen molar-refractivity contribution in [2.45, 2.75) is 39.5 Å². The Hall–Kier alpha value is -0.570. The molecule has 0 N–H and O–H groups in total. The minimum Gasteiger partial charge on any atom is -0.285 e. The van der Waals surface area contributed by atoms with Gasteiger partial charge in [-0.2, -0.15) is 4.89 Å². The summed E-state index contributed by atoms with van der Waals surface area (Å²) in [6, 6.07) is 0. The second-order valence-corrected chi connectivity index (χ2v) is 2.87. The van der Waals surface area contributed by atoms with Gasteiger partial charge in [0.05, 0.1) is 6.61 Å². The lowest BCUT2D eigenvalue weighted by molar-refractivity contribution is -0.231. The van der Waals surface area contributed by atoms with Crippen molar-refractivity contribution in [3.8, 4) is 0 Å². The van der Waals surface area contributed by atoms with E-state index in [4.69, 9.17) is 0 Å². The fraction of sp³-hybridized carbons (Fsp3) is 0.889. The molecule has 3 heteroatoms. The quantitative estimate of drug-likeness (QED) is 0.321. The zero-order valence-corrected chi connectivity index (χ0v) is 7.84. The number of rotatable bonds is 8. The van der Waals surface area contributed by atoms with Crippen molar-refractivity contribution in [3.05, 3.63) is 0 Å². The Morgan fingerprint density at radius 1 is 1.42 bits per heavy atom. The zero-order valence-electron chi connectivity index (χ0n) is 7.84. The van der Waals surface area contributed by atoms with Crippen molar-refractivity contribution in [1.82, 2.24) is 0 Å². The van der Waals surface area contributed by atoms with E-state index in [9.17, 15) is 4.79 Å². The van der Waals surface area contributed by atoms with Gasteiger partial charge in [0.2, 0.25) is 0 Å². The van der Waals surface area contributed by atoms with Crippen LogP contribution < -0.4 is 0 Å². The summed E-state index contributed by atoms with van der Waals surface area (Å²) in [7, 11) is 0. The van der Waals surface area contributed by atoms with Gasteiger partial charge in [-0.25, -0.2) is 4.79 Å². The molecular formula is C9H17O3. The maximum Gasteiger partial charge on any atom is 0.453 e. The topological polar surface area (TPSA) is 35.5 Å². The van der Waals surface area contributed by atoms with Crippen molar-refractivity contribution < 1.29 is 14.6 Å². The molecule has 71 valence electrons. The summed E-state index contributed by atoms with van der Waals surface area (Å²) in [5.41, 5.74) is 0. The molecule has 0 amide bonds. The van der Waals surface area contributed by atoms with Crippen LogP contribution >= 0.6 is 0 Å². The largest absolute Gasteiger partial charge is 0.453 e. The lowest BCUT2D eigenvalue weighted by Gasteiger charge is -2.11. The van der Waals surface area contributed by atoms with E-state index in [-0.39, 0.29) is 0 Å². The van der Waals surface area contributed by atoms with E-state index >= 15 is 0 Å². The second kappa shape index (κ2) is 8.53. The van der Waals surface area contributed by atoms with E-state index in [1.807, 2.05) is 0 Å². The van der Waals surface area contributed by atoms with E-state index < -0.39 is 0 Å². The first kappa shape index (κ1) is 11.4. The second-order valence-electron chi connectivity index (χ2n) is 2.87. The predicted octanol–water partition coefficient (Wildman–Crippen LogP) is 2.22. The molecule has 0 aliphatic carbocycles. The third-order valence-electron chi connectivity index (χ3n) is 1.94. The molecule has 0 fully saturated rings. The van der Waals surface area contributed by atoms with E-state index in [1.54, 1.807) is 0 Å². The van der Waals surface area contributed by atoms with E-state index in [0.717, 1.165) is 12.8 Å². The maximum absolute atomic E-state index is 9.62. The monoisotopic (exact) mass is 173 g/mol. The van der Waals surface area contributed by atoms with Crippen LogP contribution in [0.25, 0.3) is 0 Å². The summed E-state index contributed by atoms with van der Waals surface area (Å²) in [4.78, 5) is 18.3. The van der Waals surface area contributed by atoms with Gasteiger partial charge in [0, 0.05) is 0 Å². The highest BCUT2D eigenvalue weighted by Gasteiger charge is 2.06. The van der Waals surface area contributed by atoms with Gasteiger partial charge < -0.3 is 0 Å². The summed E-state index contributed by atoms with van der Waals surface area (Å²) in [5.74, 6) is 0.498. The lowest BCUT2D eigenvalue weighted by atomic mass is 10.0. The van der Waals surface area contributed by atoms with Crippen molar-refractivity contribution in [3.63, 3.8) is 0 Å². The van der Waals surface area contributed by atoms with E-state index in [2.05, 4.69) is 23.6 Å². The molecule has 0 aliphatic heterocycles. The zero-order chi connectivity index (χ0) is 9.23. The number of hydrogen-bond donors (Lipinski definition) is 0. The summed E-state index contributed by atoms with van der Waals surface area (Å²) < 4.78 is 0. The van der Waals surface area contributed by atoms with Gasteiger partial charge >= 0.3 is 6.47 Å². The normalized spacial score (nSPS) is 12.5. The molecule has 0 aromatic carbocycles. The van der Waals surface area contributed by atoms with Crippen LogP contribution in [0.1, 0.15) is 39.5 Å². The summed E-state index contributed by atoms with van der Waals surface area (Å²) in [5, 5.41) is 0. The van der Waals surface area contributed by atoms with Crippen molar-refractivity contribution in [2.75, 3.05) is 6.61 Å². The molecular weight excluding hydrogens is 156 g/mol. The predicted molar refractivity (Wildman–Crippen MR) is 46.0 cm³/mol. The van der Waals surface area contributed by atoms with Crippen molar-refractivity contribution in [1.29, 1.82) is 0 Å². The first-order valence-electron chi connectivity index (χ1n) is 4.50. The van der Waals surface area contributed by atoms with Gasteiger partial charge in [-0.3, -0.25) is 4.89 Å². The smallest absolute Gasteiger partial charge is 0.285 e. The van der Waals surface area contributed by atoms with Gasteiger partial charge in [0.25, 0.3) is 0 Å². The van der Waals surface area contributed by atoms with Crippen LogP contribution in [0.4, 0.5) is 0 Å². The Bertz CT molecular complexity index is 104. The Morgan fingerprint density at radius 2 is 2.17 bits per heavy atom. The van der Waals surface area contributed by atoms with Gasteiger partial charge in [-0.15, -0.1) is 0 Å². The van der Waals surface area contributed by atoms with Crippen molar-refractivity contribution >= 4 is 6.47 Å². The van der Waals surface area contributed by atoms with Gasteiger partial charge in [-0.1, -0.05) is 33.1 Å². The van der Waals surface area contributed by atoms with Gasteiger partial charge in [-0.05, 0) is 12.3 Å². The highest BCUT2D eigenvalue weighted by atomic mass is 17.2. The third-order valence-corrected chi connectivity index (χ3v) is 1.94. The van der Waals surface area contributed by atoms with Crippen molar-refractivity contribution in [2.24, 2.45) is 5.92 Å². The molecule has 1 atom stereocenters. The molecule has 0 heterocycles. The van der Waals surface area contributed by atoms with Crippen LogP contribution in [0.2, 0.25) is 0 Å². The molecule has 1 radical (unpaired) electrons. The highest BCUT2D eigenvalue weighted by molar-refractivity contribution is 5.36. The lowest BCUT2D eigenvalue weighted by Crippen LogP contribution is -2.08. The average molecular weight is 173 g/mol. The van der Waals surface area contributed by atoms with Gasteiger partial charge in [0.15, 0.2) is 0 Å². The Balaban J connectivity index is 3.32. The SMILES string of the molecule is CCCCC(CC)COO[C]=O. The van der Waals surface area contributed by atoms with Crippen LogP contribution in [0.5, 0.6) is 0 Å². The Kier molecular flexibility index (Phi) is 8.12. The van der Waals surface area contributed by atoms with E-state index in [0.29, 0.717) is 12.5 Å². The fourth-order valence-corrected chi connectivity index (χ4v) is 1.05. The summed E-state index contributed by atoms with van der Waals surface area (Å²) in [6.45, 7) is 5.98. The number of hydrogen-bond acceptors (Lipinski definition) is 3. The van der Waals surface area contributed by atoms with Gasteiger partial charge in [0.1, 0.15) is 0 Å². The van der Waals surface area contributed by atoms with Crippen LogP contribution in [-0.4, -0.2) is 13.1 Å². The highest BCUT2D eigenvalue weighted by Crippen LogP contribution is 2.12. The van der Waals surface area contributed by atoms with Crippen LogP contribution in [0, 0.1) is 5.92 Å². The molecule has 3 nitrogen and oxygen atoms in total. The third kappa shape index (κ3) is 6.16. The molecule has 0 aromatic heterocycles. The summed E-state index contributed by atoms with van der Waals surface area (Å²) in [6.07, 6.45) is 4.58. The molecule has 0 saturated carbocycles. The minimum atomic E-state index is 0.492. The van der Waals surface area contributed by atoms with Crippen LogP contribution in [0.15, 0.2) is 0 Å². The molecule has 0 saturated heterocycles. The van der Waals surface area contributed by atoms with Crippen LogP contribution in [0.3, 0.4) is 0 Å². The minimum absolute atomic E-state index is 0.492. The fourth-order valence-electron chi connectivity index (χ4n) is 1.05. The first-order valence-corrected chi connectivity index (χ1v) is 4.50. The van der Waals surface area contributed by atoms with E-state index in [1.165, 1.54) is 19.3 Å². The molecule has 0 bridgehead atoms. The molecule has 0 aromatic rings. The standard InChI is InChI=1S/C9H17O3/c1-3-5-6-9(4-2)7-11-12-8-10/h9H,3-7H2,1-2H3. The summed E-state index contributed by atoms with van der Waals surface area (Å²) >= 11 is 0. The number of unbranched alkanes of at least 4 members (excludes halogenated alkanes) is 1. The molecule has 1 unspecified atom stereocenters. The maximum atomic E-state index is 9.62. The molecule has 0 spiro atoms. The molecule has 0 rings (SSSR count). The van der Waals surface area contributed by atoms with Crippen LogP contribution in [-0.2, 0) is 14.6 Å². The Morgan fingerprint density at radius 3 is 2.67 bits per heavy atom. The first-order chi connectivity index (χ1) is 5.85. The Labute approximate surface area is 74.0 Å². The molecule has 0 aliphatic rings. The molecule has 12 heavy (non-hydrogen) atoms. The number of carbonyl (C=O) groups excluding carboxylic acids is 1.